The van der Waals surface area contributed by atoms with Crippen molar-refractivity contribution in [3.05, 3.63) is 52.0 Å². The molecule has 1 aromatic carbocycles. The van der Waals surface area contributed by atoms with Gasteiger partial charge in [-0.1, -0.05) is 12.1 Å². The normalized spacial score (nSPS) is 17.3. The summed E-state index contributed by atoms with van der Waals surface area (Å²) < 4.78 is 18.9. The van der Waals surface area contributed by atoms with Crippen molar-refractivity contribution in [2.75, 3.05) is 13.2 Å². The van der Waals surface area contributed by atoms with E-state index in [0.717, 1.165) is 12.8 Å². The highest BCUT2D eigenvalue weighted by atomic mass is 19.1. The van der Waals surface area contributed by atoms with E-state index < -0.39 is 11.6 Å². The first kappa shape index (κ1) is 15.4. The Bertz CT molecular complexity index is 736. The van der Waals surface area contributed by atoms with Crippen LogP contribution in [0, 0.1) is 5.82 Å². The fraction of sp³-hybridized carbons (Fsp3) is 0.400. The van der Waals surface area contributed by atoms with Crippen LogP contribution in [0.2, 0.25) is 0 Å². The smallest absolute Gasteiger partial charge is 0.341 e. The maximum atomic E-state index is 13.4. The maximum Gasteiger partial charge on any atom is 0.341 e. The monoisotopic (exact) mass is 320 g/mol. The lowest BCUT2D eigenvalue weighted by atomic mass is 10.1. The van der Waals surface area contributed by atoms with E-state index in [0.29, 0.717) is 18.7 Å². The summed E-state index contributed by atoms with van der Waals surface area (Å²) in [4.78, 5) is 27.6. The first-order valence-corrected chi connectivity index (χ1v) is 7.42. The summed E-state index contributed by atoms with van der Waals surface area (Å²) in [6, 6.07) is 6.06. The predicted octanol–water partition coefficient (Wildman–Crippen LogP) is 1.06. The van der Waals surface area contributed by atoms with Crippen LogP contribution in [-0.2, 0) is 11.3 Å². The summed E-state index contributed by atoms with van der Waals surface area (Å²) in [7, 11) is 0. The second-order valence-electron chi connectivity index (χ2n) is 5.48. The van der Waals surface area contributed by atoms with Crippen LogP contribution in [0.25, 0.3) is 0 Å². The third kappa shape index (κ3) is 3.84. The van der Waals surface area contributed by atoms with Gasteiger partial charge in [0.15, 0.2) is 0 Å². The predicted molar refractivity (Wildman–Crippen MR) is 79.3 cm³/mol. The quantitative estimate of drug-likeness (QED) is 0.862. The number of ether oxygens (including phenoxy) is 1. The summed E-state index contributed by atoms with van der Waals surface area (Å²) >= 11 is 0. The van der Waals surface area contributed by atoms with E-state index in [1.54, 1.807) is 12.1 Å². The highest BCUT2D eigenvalue weighted by molar-refractivity contribution is 5.90. The van der Waals surface area contributed by atoms with E-state index in [1.807, 2.05) is 0 Å². The molecule has 0 spiro atoms. The number of nitrogens with one attached hydrogen (secondary N) is 2. The van der Waals surface area contributed by atoms with Crippen molar-refractivity contribution in [1.29, 1.82) is 0 Å². The van der Waals surface area contributed by atoms with Crippen molar-refractivity contribution in [2.45, 2.75) is 25.5 Å². The fourth-order valence-corrected chi connectivity index (χ4v) is 2.63. The van der Waals surface area contributed by atoms with Crippen molar-refractivity contribution in [3.8, 4) is 0 Å². The summed E-state index contributed by atoms with van der Waals surface area (Å²) in [6.07, 6.45) is 1.76. The fourth-order valence-electron chi connectivity index (χ4n) is 2.63. The molecule has 8 heteroatoms. The molecule has 0 aliphatic carbocycles. The van der Waals surface area contributed by atoms with E-state index in [9.17, 15) is 14.0 Å². The Kier molecular flexibility index (Phi) is 4.52. The van der Waals surface area contributed by atoms with E-state index >= 15 is 0 Å². The number of H-pyrrole nitrogens is 2. The molecule has 0 radical (unpaired) electrons. The zero-order valence-electron chi connectivity index (χ0n) is 12.4. The molecule has 122 valence electrons. The molecule has 0 unspecified atom stereocenters. The molecule has 1 aliphatic rings. The number of halogens is 1. The van der Waals surface area contributed by atoms with Crippen LogP contribution in [0.5, 0.6) is 0 Å². The Morgan fingerprint density at radius 3 is 3.00 bits per heavy atom. The lowest BCUT2D eigenvalue weighted by Gasteiger charge is -2.24. The van der Waals surface area contributed by atoms with Gasteiger partial charge >= 0.3 is 5.69 Å². The molecule has 1 atom stereocenters. The Morgan fingerprint density at radius 1 is 1.48 bits per heavy atom. The number of hydrogen-bond donors (Lipinski definition) is 2. The molecule has 2 heterocycles. The van der Waals surface area contributed by atoms with E-state index in [4.69, 9.17) is 4.74 Å². The lowest BCUT2D eigenvalue weighted by molar-refractivity contribution is 0.0498. The Hall–Kier alpha value is -2.48. The van der Waals surface area contributed by atoms with E-state index in [1.165, 1.54) is 17.0 Å². The molecule has 2 N–H and O–H groups in total. The zero-order valence-corrected chi connectivity index (χ0v) is 12.4. The second-order valence-corrected chi connectivity index (χ2v) is 5.48. The molecule has 0 bridgehead atoms. The number of rotatable bonds is 5. The summed E-state index contributed by atoms with van der Waals surface area (Å²) in [5.41, 5.74) is 0.116. The molecule has 1 amide bonds. The van der Waals surface area contributed by atoms with Crippen molar-refractivity contribution in [3.63, 3.8) is 0 Å². The van der Waals surface area contributed by atoms with E-state index in [-0.39, 0.29) is 24.3 Å². The number of nitrogens with zero attached hydrogens (tertiary/aromatic N) is 2. The van der Waals surface area contributed by atoms with Crippen LogP contribution >= 0.6 is 0 Å². The van der Waals surface area contributed by atoms with Gasteiger partial charge in [0.1, 0.15) is 5.82 Å². The number of aromatic amines is 2. The molecule has 3 rings (SSSR count). The van der Waals surface area contributed by atoms with Gasteiger partial charge in [-0.3, -0.25) is 9.78 Å². The summed E-state index contributed by atoms with van der Waals surface area (Å²) in [5.74, 6) is -0.854. The van der Waals surface area contributed by atoms with Gasteiger partial charge in [-0.15, -0.1) is 5.10 Å². The van der Waals surface area contributed by atoms with Gasteiger partial charge in [0.25, 0.3) is 5.91 Å². The van der Waals surface area contributed by atoms with Crippen molar-refractivity contribution in [1.82, 2.24) is 20.1 Å². The molecular formula is C15H17FN4O3. The third-order valence-electron chi connectivity index (χ3n) is 3.70. The number of aromatic nitrogens is 3. The van der Waals surface area contributed by atoms with Crippen LogP contribution in [0.15, 0.2) is 29.1 Å². The van der Waals surface area contributed by atoms with Crippen LogP contribution in [0.1, 0.15) is 29.0 Å². The number of carbonyl (C=O) groups excluding carboxylic acids is 1. The van der Waals surface area contributed by atoms with Crippen molar-refractivity contribution >= 4 is 5.91 Å². The molecule has 7 nitrogen and oxygen atoms in total. The molecule has 23 heavy (non-hydrogen) atoms. The topological polar surface area (TPSA) is 91.1 Å². The van der Waals surface area contributed by atoms with Gasteiger partial charge < -0.3 is 9.64 Å². The average molecular weight is 320 g/mol. The number of benzene rings is 1. The zero-order chi connectivity index (χ0) is 16.2. The number of carbonyl (C=O) groups is 1. The second kappa shape index (κ2) is 6.74. The molecule has 1 fully saturated rings. The molecular weight excluding hydrogens is 303 g/mol. The largest absolute Gasteiger partial charge is 0.376 e. The minimum atomic E-state index is -0.545. The molecule has 1 aromatic heterocycles. The SMILES string of the molecule is O=C(c1n[nH]c(=O)[nH]1)N(Cc1cccc(F)c1)C[C@H]1CCCO1. The minimum absolute atomic E-state index is 0.0572. The van der Waals surface area contributed by atoms with Crippen LogP contribution < -0.4 is 5.69 Å². The molecule has 0 saturated carbocycles. The van der Waals surface area contributed by atoms with Gasteiger partial charge in [0.2, 0.25) is 5.82 Å². The Labute approximate surface area is 131 Å². The standard InChI is InChI=1S/C15H17FN4O3/c16-11-4-1-3-10(7-11)8-20(9-12-5-2-6-23-12)14(21)13-17-15(22)19-18-13/h1,3-4,7,12H,2,5-6,8-9H2,(H2,17,18,19,22)/t12-/m1/s1. The Morgan fingerprint density at radius 2 is 2.35 bits per heavy atom. The van der Waals surface area contributed by atoms with E-state index in [2.05, 4.69) is 15.2 Å². The average Bonchev–Trinajstić information content (AvgIpc) is 3.17. The van der Waals surface area contributed by atoms with Gasteiger partial charge in [-0.25, -0.2) is 14.3 Å². The van der Waals surface area contributed by atoms with Crippen LogP contribution in [0.3, 0.4) is 0 Å². The molecule has 1 saturated heterocycles. The molecule has 1 aliphatic heterocycles. The lowest BCUT2D eigenvalue weighted by Crippen LogP contribution is -2.37. The first-order valence-electron chi connectivity index (χ1n) is 7.42. The van der Waals surface area contributed by atoms with Crippen molar-refractivity contribution in [2.24, 2.45) is 0 Å². The van der Waals surface area contributed by atoms with Gasteiger partial charge in [-0.2, -0.15) is 0 Å². The minimum Gasteiger partial charge on any atom is -0.376 e. The van der Waals surface area contributed by atoms with Crippen LogP contribution in [-0.4, -0.2) is 45.2 Å². The van der Waals surface area contributed by atoms with Gasteiger partial charge in [0, 0.05) is 19.7 Å². The number of amides is 1. The van der Waals surface area contributed by atoms with Gasteiger partial charge in [0.05, 0.1) is 6.10 Å². The van der Waals surface area contributed by atoms with Gasteiger partial charge in [-0.05, 0) is 30.5 Å². The highest BCUT2D eigenvalue weighted by Gasteiger charge is 2.25. The van der Waals surface area contributed by atoms with Crippen LogP contribution in [0.4, 0.5) is 4.39 Å². The third-order valence-corrected chi connectivity index (χ3v) is 3.70. The first-order chi connectivity index (χ1) is 11.1. The maximum absolute atomic E-state index is 13.4. The van der Waals surface area contributed by atoms with Crippen molar-refractivity contribution < 1.29 is 13.9 Å². The summed E-state index contributed by atoms with van der Waals surface area (Å²) in [5, 5.41) is 5.84. The summed E-state index contributed by atoms with van der Waals surface area (Å²) in [6.45, 7) is 1.25. The molecule has 2 aromatic rings. The number of hydrogen-bond acceptors (Lipinski definition) is 4. The highest BCUT2D eigenvalue weighted by Crippen LogP contribution is 2.16. The Balaban J connectivity index is 1.80.